The summed E-state index contributed by atoms with van der Waals surface area (Å²) in [6.07, 6.45) is -5.09. The first kappa shape index (κ1) is 31.7. The molecular formula is C28H32Cl2F4N6O2. The maximum absolute atomic E-state index is 13.8. The lowest BCUT2D eigenvalue weighted by atomic mass is 9.95. The molecule has 0 radical (unpaired) electrons. The summed E-state index contributed by atoms with van der Waals surface area (Å²) in [6, 6.07) is 6.42. The second-order valence-electron chi connectivity index (χ2n) is 11.3. The van der Waals surface area contributed by atoms with Crippen molar-refractivity contribution in [1.82, 2.24) is 20.2 Å². The number of anilines is 3. The van der Waals surface area contributed by atoms with Gasteiger partial charge in [-0.1, -0.05) is 50.0 Å². The Morgan fingerprint density at radius 2 is 1.74 bits per heavy atom. The molecule has 0 saturated carbocycles. The van der Waals surface area contributed by atoms with Gasteiger partial charge in [0.2, 0.25) is 11.9 Å². The molecule has 228 valence electrons. The van der Waals surface area contributed by atoms with Crippen LogP contribution in [-0.2, 0) is 18.4 Å². The number of aryl methyl sites for hydroxylation is 1. The van der Waals surface area contributed by atoms with Crippen molar-refractivity contribution in [3.8, 4) is 0 Å². The summed E-state index contributed by atoms with van der Waals surface area (Å²) in [5.41, 5.74) is 1.66. The molecule has 1 saturated heterocycles. The van der Waals surface area contributed by atoms with Crippen LogP contribution in [0.4, 0.5) is 34.9 Å². The van der Waals surface area contributed by atoms with Crippen LogP contribution in [0.25, 0.3) is 11.0 Å². The normalized spacial score (nSPS) is 14.8. The molecule has 1 aliphatic rings. The first-order valence-corrected chi connectivity index (χ1v) is 14.1. The molecule has 1 aliphatic heterocycles. The molecule has 3 N–H and O–H groups in total. The van der Waals surface area contributed by atoms with Crippen LogP contribution in [0.15, 0.2) is 24.3 Å². The Morgan fingerprint density at radius 3 is 2.36 bits per heavy atom. The number of benzene rings is 2. The Balaban J connectivity index is 1.70. The van der Waals surface area contributed by atoms with E-state index in [-0.39, 0.29) is 35.9 Å². The van der Waals surface area contributed by atoms with Gasteiger partial charge in [-0.3, -0.25) is 9.59 Å². The molecule has 8 nitrogen and oxygen atoms in total. The number of hydrogen-bond acceptors (Lipinski definition) is 5. The molecule has 0 spiro atoms. The molecule has 1 fully saturated rings. The van der Waals surface area contributed by atoms with Gasteiger partial charge in [-0.15, -0.1) is 0 Å². The zero-order valence-electron chi connectivity index (χ0n) is 23.6. The molecular weight excluding hydrogens is 599 g/mol. The molecule has 14 heteroatoms. The molecule has 0 atom stereocenters. The average Bonchev–Trinajstić information content (AvgIpc) is 3.21. The Morgan fingerprint density at radius 1 is 1.07 bits per heavy atom. The number of fused-ring (bicyclic) bond motifs is 1. The predicted octanol–water partition coefficient (Wildman–Crippen LogP) is 6.52. The lowest BCUT2D eigenvalue weighted by Crippen LogP contribution is -2.38. The summed E-state index contributed by atoms with van der Waals surface area (Å²) >= 11 is 13.1. The first-order valence-electron chi connectivity index (χ1n) is 13.3. The van der Waals surface area contributed by atoms with Crippen LogP contribution >= 0.6 is 23.2 Å². The third-order valence-corrected chi connectivity index (χ3v) is 7.73. The number of hydrogen-bond donors (Lipinski definition) is 3. The fourth-order valence-electron chi connectivity index (χ4n) is 4.55. The van der Waals surface area contributed by atoms with Gasteiger partial charge in [0.25, 0.3) is 5.91 Å². The van der Waals surface area contributed by atoms with Gasteiger partial charge in [-0.2, -0.15) is 13.2 Å². The number of nitrogens with zero attached hydrogens (tertiary/aromatic N) is 3. The smallest absolute Gasteiger partial charge is 0.371 e. The van der Waals surface area contributed by atoms with Gasteiger partial charge in [0.15, 0.2) is 0 Å². The summed E-state index contributed by atoms with van der Waals surface area (Å²) in [6.45, 7) is 4.67. The number of piperidine rings is 1. The van der Waals surface area contributed by atoms with Crippen molar-refractivity contribution < 1.29 is 27.2 Å². The Hall–Kier alpha value is -3.25. The summed E-state index contributed by atoms with van der Waals surface area (Å²) in [4.78, 5) is 31.6. The van der Waals surface area contributed by atoms with E-state index in [4.69, 9.17) is 23.2 Å². The average molecular weight is 632 g/mol. The van der Waals surface area contributed by atoms with Crippen molar-refractivity contribution in [2.24, 2.45) is 12.5 Å². The van der Waals surface area contributed by atoms with Crippen LogP contribution in [0.3, 0.4) is 0 Å². The number of amides is 2. The standard InChI is InChI=1S/C28H32Cl2F4N6O2/c1-27(2,3)25(42)35-13-15-5-6-18(29)23(22(15)30)38-26-37-19-11-17(24(41)36-14-28(32,33)34)20(12-21(19)39(26)4)40-9-7-16(31)8-10-40/h5-6,11-12,16H,7-10,13-14H2,1-4H3,(H,35,42)(H,36,41)(H,37,38). The Labute approximate surface area is 250 Å². The van der Waals surface area contributed by atoms with Crippen molar-refractivity contribution in [2.45, 2.75) is 52.5 Å². The van der Waals surface area contributed by atoms with Crippen molar-refractivity contribution in [2.75, 3.05) is 29.9 Å². The number of carbonyl (C=O) groups is 2. The van der Waals surface area contributed by atoms with Gasteiger partial charge >= 0.3 is 6.18 Å². The summed E-state index contributed by atoms with van der Waals surface area (Å²) in [7, 11) is 1.72. The molecule has 2 heterocycles. The van der Waals surface area contributed by atoms with Crippen molar-refractivity contribution in [3.05, 3.63) is 45.4 Å². The maximum Gasteiger partial charge on any atom is 0.405 e. The lowest BCUT2D eigenvalue weighted by molar-refractivity contribution is -0.128. The molecule has 3 aromatic rings. The maximum atomic E-state index is 13.8. The van der Waals surface area contributed by atoms with Gasteiger partial charge in [-0.25, -0.2) is 9.37 Å². The summed E-state index contributed by atoms with van der Waals surface area (Å²) < 4.78 is 54.1. The minimum absolute atomic E-state index is 0.00126. The molecule has 0 aliphatic carbocycles. The lowest BCUT2D eigenvalue weighted by Gasteiger charge is -2.32. The third kappa shape index (κ3) is 7.20. The van der Waals surface area contributed by atoms with Crippen LogP contribution in [0.1, 0.15) is 49.5 Å². The van der Waals surface area contributed by atoms with Crippen LogP contribution in [0.2, 0.25) is 10.0 Å². The Kier molecular flexibility index (Phi) is 9.17. The van der Waals surface area contributed by atoms with Crippen LogP contribution in [0.5, 0.6) is 0 Å². The van der Waals surface area contributed by atoms with Crippen molar-refractivity contribution in [1.29, 1.82) is 0 Å². The molecule has 1 aromatic heterocycles. The van der Waals surface area contributed by atoms with E-state index >= 15 is 0 Å². The largest absolute Gasteiger partial charge is 0.405 e. The van der Waals surface area contributed by atoms with Crippen LogP contribution < -0.4 is 20.9 Å². The first-order chi connectivity index (χ1) is 19.5. The summed E-state index contributed by atoms with van der Waals surface area (Å²) in [5, 5.41) is 8.45. The highest BCUT2D eigenvalue weighted by atomic mass is 35.5. The molecule has 2 aromatic carbocycles. The number of halogens is 6. The molecule has 2 amide bonds. The highest BCUT2D eigenvalue weighted by Gasteiger charge is 2.30. The minimum Gasteiger partial charge on any atom is -0.371 e. The Bertz CT molecular complexity index is 1490. The quantitative estimate of drug-likeness (QED) is 0.259. The second-order valence-corrected chi connectivity index (χ2v) is 12.1. The number of alkyl halides is 4. The minimum atomic E-state index is -4.59. The van der Waals surface area contributed by atoms with Crippen molar-refractivity contribution >= 4 is 63.4 Å². The van der Waals surface area contributed by atoms with Crippen LogP contribution in [-0.4, -0.2) is 53.3 Å². The SMILES string of the molecule is Cn1c(Nc2c(Cl)ccc(CNC(=O)C(C)(C)C)c2Cl)nc2cc(C(=O)NCC(F)(F)F)c(N3CCC(F)CC3)cc21. The fourth-order valence-corrected chi connectivity index (χ4v) is 5.08. The number of aromatic nitrogens is 2. The summed E-state index contributed by atoms with van der Waals surface area (Å²) in [5.74, 6) is -0.770. The van der Waals surface area contributed by atoms with Gasteiger partial charge in [0.1, 0.15) is 12.7 Å². The second kappa shape index (κ2) is 12.2. The zero-order valence-corrected chi connectivity index (χ0v) is 25.1. The van der Waals surface area contributed by atoms with Gasteiger partial charge in [0, 0.05) is 32.1 Å². The van der Waals surface area contributed by atoms with E-state index in [2.05, 4.69) is 15.6 Å². The molecule has 4 rings (SSSR count). The van der Waals surface area contributed by atoms with E-state index in [1.165, 1.54) is 6.07 Å². The van der Waals surface area contributed by atoms with Gasteiger partial charge in [0.05, 0.1) is 38.0 Å². The number of nitrogens with one attached hydrogen (secondary N) is 3. The zero-order chi connectivity index (χ0) is 31.0. The highest BCUT2D eigenvalue weighted by Crippen LogP contribution is 2.37. The van der Waals surface area contributed by atoms with E-state index in [0.29, 0.717) is 52.0 Å². The fraction of sp³-hybridized carbons (Fsp3) is 0.464. The predicted molar refractivity (Wildman–Crippen MR) is 156 cm³/mol. The van der Waals surface area contributed by atoms with Crippen molar-refractivity contribution in [3.63, 3.8) is 0 Å². The van der Waals surface area contributed by atoms with E-state index in [9.17, 15) is 27.2 Å². The van der Waals surface area contributed by atoms with E-state index in [1.807, 2.05) is 5.32 Å². The molecule has 42 heavy (non-hydrogen) atoms. The number of carbonyl (C=O) groups excluding carboxylic acids is 2. The van der Waals surface area contributed by atoms with E-state index < -0.39 is 30.2 Å². The van der Waals surface area contributed by atoms with Gasteiger partial charge < -0.3 is 25.4 Å². The molecule has 0 unspecified atom stereocenters. The monoisotopic (exact) mass is 630 g/mol. The number of imidazole rings is 1. The van der Waals surface area contributed by atoms with E-state index in [0.717, 1.165) is 0 Å². The third-order valence-electron chi connectivity index (χ3n) is 6.99. The van der Waals surface area contributed by atoms with Crippen LogP contribution in [0, 0.1) is 5.41 Å². The molecule has 0 bridgehead atoms. The van der Waals surface area contributed by atoms with E-state index in [1.54, 1.807) is 55.5 Å². The topological polar surface area (TPSA) is 91.3 Å². The van der Waals surface area contributed by atoms with Gasteiger partial charge in [-0.05, 0) is 36.6 Å². The number of rotatable bonds is 7. The highest BCUT2D eigenvalue weighted by molar-refractivity contribution is 6.39.